The van der Waals surface area contributed by atoms with E-state index in [1.54, 1.807) is 6.07 Å². The lowest BCUT2D eigenvalue weighted by atomic mass is 10.0. The number of oxazole rings is 1. The zero-order valence-electron chi connectivity index (χ0n) is 17.6. The Morgan fingerprint density at radius 2 is 2.12 bits per heavy atom. The maximum absolute atomic E-state index is 14.4. The van der Waals surface area contributed by atoms with Crippen LogP contribution in [0.15, 0.2) is 45.6 Å². The fourth-order valence-corrected chi connectivity index (χ4v) is 3.70. The van der Waals surface area contributed by atoms with Gasteiger partial charge in [-0.15, -0.1) is 0 Å². The molecule has 1 amide bonds. The van der Waals surface area contributed by atoms with E-state index in [2.05, 4.69) is 16.7 Å². The number of rotatable bonds is 5. The number of halogens is 1. The minimum Gasteiger partial charge on any atom is -0.405 e. The lowest BCUT2D eigenvalue weighted by Gasteiger charge is -2.18. The second-order valence-electron chi connectivity index (χ2n) is 7.74. The molecule has 0 spiro atoms. The zero-order chi connectivity index (χ0) is 22.7. The highest BCUT2D eigenvalue weighted by Gasteiger charge is 2.23. The van der Waals surface area contributed by atoms with E-state index in [4.69, 9.17) is 9.15 Å². The molecule has 166 valence electrons. The third-order valence-electron chi connectivity index (χ3n) is 5.49. The fraction of sp³-hybridized carbons (Fsp3) is 0.348. The van der Waals surface area contributed by atoms with Crippen LogP contribution in [-0.2, 0) is 23.0 Å². The summed E-state index contributed by atoms with van der Waals surface area (Å²) in [7, 11) is 1.52. The van der Waals surface area contributed by atoms with Crippen molar-refractivity contribution in [2.75, 3.05) is 19.7 Å². The van der Waals surface area contributed by atoms with E-state index in [0.29, 0.717) is 30.7 Å². The molecular formula is C23H23FN4O4. The van der Waals surface area contributed by atoms with Gasteiger partial charge in [0.15, 0.2) is 11.4 Å². The van der Waals surface area contributed by atoms with Crippen molar-refractivity contribution >= 4 is 17.0 Å². The summed E-state index contributed by atoms with van der Waals surface area (Å²) in [6.07, 6.45) is 0.553. The van der Waals surface area contributed by atoms with Gasteiger partial charge in [0.05, 0.1) is 11.6 Å². The van der Waals surface area contributed by atoms with Gasteiger partial charge in [-0.05, 0) is 41.8 Å². The molecule has 1 saturated heterocycles. The van der Waals surface area contributed by atoms with E-state index in [1.165, 1.54) is 17.7 Å². The van der Waals surface area contributed by atoms with Gasteiger partial charge < -0.3 is 19.8 Å². The molecule has 3 aromatic rings. The molecule has 1 aliphatic rings. The first-order valence-electron chi connectivity index (χ1n) is 10.4. The summed E-state index contributed by atoms with van der Waals surface area (Å²) in [6.45, 7) is 1.72. The molecule has 1 unspecified atom stereocenters. The highest BCUT2D eigenvalue weighted by atomic mass is 19.1. The van der Waals surface area contributed by atoms with Gasteiger partial charge in [0, 0.05) is 26.6 Å². The molecule has 2 N–H and O–H groups in total. The van der Waals surface area contributed by atoms with Crippen molar-refractivity contribution in [2.45, 2.75) is 25.0 Å². The highest BCUT2D eigenvalue weighted by molar-refractivity contribution is 5.82. The van der Waals surface area contributed by atoms with Crippen molar-refractivity contribution < 1.29 is 18.3 Å². The minimum absolute atomic E-state index is 0.0710. The largest absolute Gasteiger partial charge is 0.419 e. The van der Waals surface area contributed by atoms with Gasteiger partial charge in [0.25, 0.3) is 5.91 Å². The minimum atomic E-state index is -0.700. The Morgan fingerprint density at radius 3 is 2.88 bits per heavy atom. The molecule has 9 heteroatoms. The monoisotopic (exact) mass is 438 g/mol. The number of carbonyl (C=O) groups is 1. The summed E-state index contributed by atoms with van der Waals surface area (Å²) in [5.74, 6) is -1.54. The number of hydrogen-bond donors (Lipinski definition) is 2. The second kappa shape index (κ2) is 9.34. The number of aromatic nitrogens is 1. The molecule has 1 aromatic heterocycles. The SMILES string of the molecule is Cn1c(=O)oc2c(F)cc(-c3ccc(CC(C#N)NC(=O)[C@@H]4CNCCCO4)cc3)cc21. The van der Waals surface area contributed by atoms with E-state index in [1.807, 2.05) is 24.3 Å². The number of nitrogens with one attached hydrogen (secondary N) is 2. The molecule has 1 aliphatic heterocycles. The van der Waals surface area contributed by atoms with Crippen LogP contribution < -0.4 is 16.4 Å². The van der Waals surface area contributed by atoms with Crippen molar-refractivity contribution in [1.29, 1.82) is 5.26 Å². The number of benzene rings is 2. The number of amides is 1. The number of fused-ring (bicyclic) bond motifs is 1. The van der Waals surface area contributed by atoms with Crippen LogP contribution in [-0.4, -0.2) is 42.3 Å². The van der Waals surface area contributed by atoms with Crippen LogP contribution in [0, 0.1) is 17.1 Å². The molecule has 8 nitrogen and oxygen atoms in total. The predicted octanol–water partition coefficient (Wildman–Crippen LogP) is 1.87. The summed E-state index contributed by atoms with van der Waals surface area (Å²) in [6, 6.07) is 11.7. The smallest absolute Gasteiger partial charge is 0.405 e. The number of carbonyl (C=O) groups excluding carboxylic acids is 1. The second-order valence-corrected chi connectivity index (χ2v) is 7.74. The standard InChI is InChI=1S/C23H23FN4O4/c1-28-19-11-16(10-18(24)21(19)32-23(28)30)15-5-3-14(4-6-15)9-17(12-25)27-22(29)20-13-26-7-2-8-31-20/h3-6,10-11,17,20,26H,2,7-9,13H2,1H3,(H,27,29)/t17?,20-/m0/s1. The number of aryl methyl sites for hydroxylation is 1. The lowest BCUT2D eigenvalue weighted by molar-refractivity contribution is -0.132. The number of nitriles is 1. The zero-order valence-corrected chi connectivity index (χ0v) is 17.6. The van der Waals surface area contributed by atoms with Gasteiger partial charge in [0.1, 0.15) is 12.1 Å². The Balaban J connectivity index is 1.47. The van der Waals surface area contributed by atoms with Crippen LogP contribution in [0.4, 0.5) is 4.39 Å². The van der Waals surface area contributed by atoms with Crippen molar-refractivity contribution in [2.24, 2.45) is 7.05 Å². The van der Waals surface area contributed by atoms with Crippen LogP contribution in [0.5, 0.6) is 0 Å². The summed E-state index contributed by atoms with van der Waals surface area (Å²) >= 11 is 0. The van der Waals surface area contributed by atoms with E-state index in [0.717, 1.165) is 24.1 Å². The summed E-state index contributed by atoms with van der Waals surface area (Å²) in [4.78, 5) is 24.1. The maximum Gasteiger partial charge on any atom is 0.419 e. The Bertz CT molecular complexity index is 1220. The molecule has 4 rings (SSSR count). The van der Waals surface area contributed by atoms with Crippen molar-refractivity contribution in [3.8, 4) is 17.2 Å². The van der Waals surface area contributed by atoms with Gasteiger partial charge in [-0.1, -0.05) is 24.3 Å². The summed E-state index contributed by atoms with van der Waals surface area (Å²) in [5, 5.41) is 15.4. The number of hydrogen-bond acceptors (Lipinski definition) is 6. The average Bonchev–Trinajstić information content (AvgIpc) is 2.98. The topological polar surface area (TPSA) is 109 Å². The molecule has 2 atom stereocenters. The van der Waals surface area contributed by atoms with Crippen LogP contribution in [0.2, 0.25) is 0 Å². The molecule has 0 radical (unpaired) electrons. The molecule has 0 aliphatic carbocycles. The van der Waals surface area contributed by atoms with Crippen LogP contribution >= 0.6 is 0 Å². The van der Waals surface area contributed by atoms with Gasteiger partial charge in [-0.2, -0.15) is 5.26 Å². The van der Waals surface area contributed by atoms with E-state index >= 15 is 0 Å². The van der Waals surface area contributed by atoms with Crippen molar-refractivity contribution in [3.05, 3.63) is 58.3 Å². The molecule has 2 aromatic carbocycles. The molecule has 2 heterocycles. The van der Waals surface area contributed by atoms with Crippen molar-refractivity contribution in [1.82, 2.24) is 15.2 Å². The van der Waals surface area contributed by atoms with Gasteiger partial charge in [-0.3, -0.25) is 9.36 Å². The third kappa shape index (κ3) is 4.56. The molecule has 1 fully saturated rings. The van der Waals surface area contributed by atoms with E-state index < -0.39 is 23.7 Å². The molecule has 0 saturated carbocycles. The highest BCUT2D eigenvalue weighted by Crippen LogP contribution is 2.27. The molecule has 0 bridgehead atoms. The van der Waals surface area contributed by atoms with Crippen LogP contribution in [0.1, 0.15) is 12.0 Å². The first kappa shape index (κ1) is 21.7. The van der Waals surface area contributed by atoms with Crippen LogP contribution in [0.3, 0.4) is 0 Å². The summed E-state index contributed by atoms with van der Waals surface area (Å²) < 4.78 is 26.1. The third-order valence-corrected chi connectivity index (χ3v) is 5.49. The Kier molecular flexibility index (Phi) is 6.35. The average molecular weight is 438 g/mol. The van der Waals surface area contributed by atoms with Gasteiger partial charge in [0.2, 0.25) is 0 Å². The number of nitrogens with zero attached hydrogens (tertiary/aromatic N) is 2. The Morgan fingerprint density at radius 1 is 1.34 bits per heavy atom. The normalized spacial score (nSPS) is 17.5. The van der Waals surface area contributed by atoms with E-state index in [-0.39, 0.29) is 11.5 Å². The number of ether oxygens (including phenoxy) is 1. The Hall–Kier alpha value is -3.48. The first-order chi connectivity index (χ1) is 15.5. The Labute approximate surface area is 183 Å². The maximum atomic E-state index is 14.4. The fourth-order valence-electron chi connectivity index (χ4n) is 3.70. The van der Waals surface area contributed by atoms with Crippen LogP contribution in [0.25, 0.3) is 22.2 Å². The van der Waals surface area contributed by atoms with Crippen molar-refractivity contribution in [3.63, 3.8) is 0 Å². The summed E-state index contributed by atoms with van der Waals surface area (Å²) in [5.41, 5.74) is 2.49. The molecular weight excluding hydrogens is 415 g/mol. The quantitative estimate of drug-likeness (QED) is 0.630. The predicted molar refractivity (Wildman–Crippen MR) is 115 cm³/mol. The van der Waals surface area contributed by atoms with Gasteiger partial charge >= 0.3 is 5.76 Å². The van der Waals surface area contributed by atoms with E-state index in [9.17, 15) is 19.2 Å². The van der Waals surface area contributed by atoms with Gasteiger partial charge in [-0.25, -0.2) is 9.18 Å². The lowest BCUT2D eigenvalue weighted by Crippen LogP contribution is -2.46. The first-order valence-corrected chi connectivity index (χ1v) is 10.4. The molecule has 32 heavy (non-hydrogen) atoms.